The minimum absolute atomic E-state index is 0.540. The van der Waals surface area contributed by atoms with Crippen LogP contribution in [0.4, 0.5) is 0 Å². The van der Waals surface area contributed by atoms with Crippen LogP contribution in [0.2, 0.25) is 10.0 Å². The van der Waals surface area contributed by atoms with Gasteiger partial charge in [0, 0.05) is 22.7 Å². The van der Waals surface area contributed by atoms with Gasteiger partial charge in [0.25, 0.3) is 6.01 Å². The Morgan fingerprint density at radius 1 is 1.00 bits per heavy atom. The molecular weight excluding hydrogens is 359 g/mol. The lowest BCUT2D eigenvalue weighted by atomic mass is 10.1. The zero-order valence-electron chi connectivity index (χ0n) is 14.0. The summed E-state index contributed by atoms with van der Waals surface area (Å²) in [7, 11) is 3.26. The molecular formula is C19H18Cl2N2O2. The molecule has 25 heavy (non-hydrogen) atoms. The van der Waals surface area contributed by atoms with Crippen molar-refractivity contribution in [2.45, 2.75) is 13.0 Å². The Balaban J connectivity index is 1.82. The van der Waals surface area contributed by atoms with E-state index in [-0.39, 0.29) is 0 Å². The van der Waals surface area contributed by atoms with Gasteiger partial charge in [-0.05, 0) is 41.5 Å². The van der Waals surface area contributed by atoms with Crippen molar-refractivity contribution in [2.75, 3.05) is 14.2 Å². The van der Waals surface area contributed by atoms with Crippen LogP contribution < -0.4 is 9.47 Å². The lowest BCUT2D eigenvalue weighted by molar-refractivity contribution is 0.361. The average molecular weight is 377 g/mol. The predicted molar refractivity (Wildman–Crippen MR) is 100 cm³/mol. The molecule has 0 amide bonds. The minimum atomic E-state index is 0.540. The van der Waals surface area contributed by atoms with Crippen LogP contribution in [0, 0.1) is 0 Å². The topological polar surface area (TPSA) is 36.3 Å². The van der Waals surface area contributed by atoms with Crippen molar-refractivity contribution in [2.24, 2.45) is 0 Å². The van der Waals surface area contributed by atoms with Crippen LogP contribution in [-0.2, 0) is 13.0 Å². The molecule has 0 aliphatic heterocycles. The van der Waals surface area contributed by atoms with Gasteiger partial charge in [0.15, 0.2) is 0 Å². The number of rotatable bonds is 6. The predicted octanol–water partition coefficient (Wildman–Crippen LogP) is 4.85. The largest absolute Gasteiger partial charge is 0.497 e. The molecule has 0 N–H and O–H groups in total. The summed E-state index contributed by atoms with van der Waals surface area (Å²) >= 11 is 12.3. The van der Waals surface area contributed by atoms with E-state index in [1.165, 1.54) is 0 Å². The van der Waals surface area contributed by atoms with E-state index in [1.807, 2.05) is 41.1 Å². The van der Waals surface area contributed by atoms with E-state index in [0.29, 0.717) is 29.0 Å². The molecule has 4 nitrogen and oxygen atoms in total. The molecule has 0 fully saturated rings. The van der Waals surface area contributed by atoms with E-state index < -0.39 is 0 Å². The number of benzene rings is 2. The first-order valence-electron chi connectivity index (χ1n) is 7.76. The monoisotopic (exact) mass is 376 g/mol. The molecule has 0 radical (unpaired) electrons. The average Bonchev–Trinajstić information content (AvgIpc) is 3.00. The molecule has 1 heterocycles. The molecule has 0 spiro atoms. The van der Waals surface area contributed by atoms with Gasteiger partial charge in [0.2, 0.25) is 0 Å². The molecule has 0 saturated carbocycles. The molecule has 0 aliphatic rings. The molecule has 3 rings (SSSR count). The van der Waals surface area contributed by atoms with Crippen molar-refractivity contribution in [1.29, 1.82) is 0 Å². The SMILES string of the molecule is COc1ccc(Cc2cn(Cc3cc(Cl)ccc3Cl)c(OC)n2)cc1. The zero-order chi connectivity index (χ0) is 17.8. The number of nitrogens with zero attached hydrogens (tertiary/aromatic N) is 2. The van der Waals surface area contributed by atoms with Crippen molar-refractivity contribution >= 4 is 23.2 Å². The Hall–Kier alpha value is -2.17. The third-order valence-electron chi connectivity index (χ3n) is 3.87. The number of hydrogen-bond donors (Lipinski definition) is 0. The van der Waals surface area contributed by atoms with Crippen LogP contribution in [0.1, 0.15) is 16.8 Å². The number of ether oxygens (including phenoxy) is 2. The summed E-state index contributed by atoms with van der Waals surface area (Å²) in [5.41, 5.74) is 2.98. The normalized spacial score (nSPS) is 10.7. The van der Waals surface area contributed by atoms with Crippen LogP contribution >= 0.6 is 23.2 Å². The Labute approximate surface area is 156 Å². The van der Waals surface area contributed by atoms with Gasteiger partial charge in [-0.3, -0.25) is 4.57 Å². The van der Waals surface area contributed by atoms with Crippen LogP contribution in [0.25, 0.3) is 0 Å². The number of imidazole rings is 1. The Morgan fingerprint density at radius 2 is 1.76 bits per heavy atom. The van der Waals surface area contributed by atoms with Gasteiger partial charge in [0.1, 0.15) is 5.75 Å². The van der Waals surface area contributed by atoms with Crippen molar-refractivity contribution in [3.8, 4) is 11.8 Å². The number of aromatic nitrogens is 2. The highest BCUT2D eigenvalue weighted by Gasteiger charge is 2.11. The first-order chi connectivity index (χ1) is 12.1. The molecule has 0 saturated heterocycles. The van der Waals surface area contributed by atoms with Gasteiger partial charge < -0.3 is 9.47 Å². The van der Waals surface area contributed by atoms with E-state index in [4.69, 9.17) is 32.7 Å². The molecule has 3 aromatic rings. The third kappa shape index (κ3) is 4.27. The Kier molecular flexibility index (Phi) is 5.51. The fourth-order valence-corrected chi connectivity index (χ4v) is 2.98. The van der Waals surface area contributed by atoms with E-state index in [1.54, 1.807) is 26.4 Å². The first-order valence-corrected chi connectivity index (χ1v) is 8.51. The molecule has 2 aromatic carbocycles. The number of methoxy groups -OCH3 is 2. The van der Waals surface area contributed by atoms with E-state index in [9.17, 15) is 0 Å². The van der Waals surface area contributed by atoms with Crippen molar-refractivity contribution in [3.63, 3.8) is 0 Å². The summed E-state index contributed by atoms with van der Waals surface area (Å²) < 4.78 is 12.5. The van der Waals surface area contributed by atoms with Gasteiger partial charge in [-0.25, -0.2) is 0 Å². The minimum Gasteiger partial charge on any atom is -0.497 e. The van der Waals surface area contributed by atoms with Gasteiger partial charge in [-0.1, -0.05) is 35.3 Å². The van der Waals surface area contributed by atoms with E-state index >= 15 is 0 Å². The van der Waals surface area contributed by atoms with Gasteiger partial charge >= 0.3 is 0 Å². The number of hydrogen-bond acceptors (Lipinski definition) is 3. The standard InChI is InChI=1S/C19H18Cl2N2O2/c1-24-17-6-3-13(4-7-17)9-16-12-23(19(22-16)25-2)11-14-10-15(20)5-8-18(14)21/h3-8,10,12H,9,11H2,1-2H3. The van der Waals surface area contributed by atoms with Crippen molar-refractivity contribution in [1.82, 2.24) is 9.55 Å². The third-order valence-corrected chi connectivity index (χ3v) is 4.47. The fraction of sp³-hybridized carbons (Fsp3) is 0.211. The Morgan fingerprint density at radius 3 is 2.44 bits per heavy atom. The molecule has 0 bridgehead atoms. The summed E-state index contributed by atoms with van der Waals surface area (Å²) in [4.78, 5) is 4.55. The second-order valence-electron chi connectivity index (χ2n) is 5.61. The first kappa shape index (κ1) is 17.6. The summed E-state index contributed by atoms with van der Waals surface area (Å²) in [5, 5.41) is 1.31. The molecule has 1 aromatic heterocycles. The van der Waals surface area contributed by atoms with Crippen LogP contribution in [0.3, 0.4) is 0 Å². The maximum absolute atomic E-state index is 6.26. The lowest BCUT2D eigenvalue weighted by Gasteiger charge is -2.08. The van der Waals surface area contributed by atoms with E-state index in [2.05, 4.69) is 4.98 Å². The summed E-state index contributed by atoms with van der Waals surface area (Å²) in [6, 6.07) is 13.9. The summed E-state index contributed by atoms with van der Waals surface area (Å²) in [6.07, 6.45) is 2.68. The quantitative estimate of drug-likeness (QED) is 0.616. The fourth-order valence-electron chi connectivity index (χ4n) is 2.61. The lowest BCUT2D eigenvalue weighted by Crippen LogP contribution is -2.02. The number of halogens is 2. The van der Waals surface area contributed by atoms with Crippen LogP contribution in [0.15, 0.2) is 48.7 Å². The molecule has 0 aliphatic carbocycles. The van der Waals surface area contributed by atoms with Gasteiger partial charge in [0.05, 0.1) is 26.5 Å². The molecule has 0 atom stereocenters. The van der Waals surface area contributed by atoms with Crippen molar-refractivity contribution < 1.29 is 9.47 Å². The highest BCUT2D eigenvalue weighted by molar-refractivity contribution is 6.33. The summed E-state index contributed by atoms with van der Waals surface area (Å²) in [5.74, 6) is 0.836. The van der Waals surface area contributed by atoms with E-state index in [0.717, 1.165) is 22.6 Å². The van der Waals surface area contributed by atoms with Crippen LogP contribution in [0.5, 0.6) is 11.8 Å². The van der Waals surface area contributed by atoms with Gasteiger partial charge in [-0.2, -0.15) is 4.98 Å². The highest BCUT2D eigenvalue weighted by Crippen LogP contribution is 2.24. The Bertz CT molecular complexity index is 860. The zero-order valence-corrected chi connectivity index (χ0v) is 15.5. The molecule has 0 unspecified atom stereocenters. The molecule has 6 heteroatoms. The second kappa shape index (κ2) is 7.81. The second-order valence-corrected chi connectivity index (χ2v) is 6.45. The highest BCUT2D eigenvalue weighted by atomic mass is 35.5. The molecule has 130 valence electrons. The smallest absolute Gasteiger partial charge is 0.296 e. The van der Waals surface area contributed by atoms with Crippen molar-refractivity contribution in [3.05, 3.63) is 75.5 Å². The van der Waals surface area contributed by atoms with Gasteiger partial charge in [-0.15, -0.1) is 0 Å². The summed E-state index contributed by atoms with van der Waals surface area (Å²) in [6.45, 7) is 0.540. The maximum Gasteiger partial charge on any atom is 0.296 e. The maximum atomic E-state index is 6.26. The van der Waals surface area contributed by atoms with Crippen LogP contribution in [-0.4, -0.2) is 23.8 Å².